The summed E-state index contributed by atoms with van der Waals surface area (Å²) in [6, 6.07) is 0. The molecular weight excluding hydrogens is 168 g/mol. The van der Waals surface area contributed by atoms with Crippen LogP contribution in [-0.2, 0) is 0 Å². The Kier molecular flexibility index (Phi) is 4.04. The lowest BCUT2D eigenvalue weighted by molar-refractivity contribution is 0.128. The Morgan fingerprint density at radius 1 is 1.14 bits per heavy atom. The standard InChI is InChI=1S/C14H27/c1-6-11(2)12-7-9-13(10-8-12)14(3,4)5/h11-13H,1,6-10H2,2-5H3. The Labute approximate surface area is 90.5 Å². The molecule has 0 saturated heterocycles. The van der Waals surface area contributed by atoms with Crippen LogP contribution in [0.5, 0.6) is 0 Å². The van der Waals surface area contributed by atoms with Gasteiger partial charge in [0.15, 0.2) is 0 Å². The molecule has 0 aromatic rings. The van der Waals surface area contributed by atoms with E-state index in [2.05, 4.69) is 34.6 Å². The fourth-order valence-electron chi connectivity index (χ4n) is 2.79. The lowest BCUT2D eigenvalue weighted by atomic mass is 9.67. The van der Waals surface area contributed by atoms with Crippen LogP contribution in [0.25, 0.3) is 0 Å². The average Bonchev–Trinajstić information content (AvgIpc) is 2.15. The highest BCUT2D eigenvalue weighted by Gasteiger charge is 2.30. The van der Waals surface area contributed by atoms with Crippen molar-refractivity contribution < 1.29 is 0 Å². The van der Waals surface area contributed by atoms with Crippen LogP contribution in [0.1, 0.15) is 59.8 Å². The minimum Gasteiger partial charge on any atom is -0.0622 e. The second-order valence-electron chi connectivity index (χ2n) is 6.24. The van der Waals surface area contributed by atoms with Crippen molar-refractivity contribution in [3.63, 3.8) is 0 Å². The lowest BCUT2D eigenvalue weighted by Gasteiger charge is -2.38. The van der Waals surface area contributed by atoms with Gasteiger partial charge in [-0.05, 0) is 48.9 Å². The van der Waals surface area contributed by atoms with E-state index in [1.807, 2.05) is 0 Å². The van der Waals surface area contributed by atoms with Crippen LogP contribution in [0, 0.1) is 30.1 Å². The summed E-state index contributed by atoms with van der Waals surface area (Å²) < 4.78 is 0. The van der Waals surface area contributed by atoms with Gasteiger partial charge in [0.25, 0.3) is 0 Å². The van der Waals surface area contributed by atoms with E-state index in [1.54, 1.807) is 0 Å². The van der Waals surface area contributed by atoms with E-state index in [9.17, 15) is 0 Å². The van der Waals surface area contributed by atoms with Crippen molar-refractivity contribution in [2.75, 3.05) is 0 Å². The van der Waals surface area contributed by atoms with Crippen molar-refractivity contribution in [1.82, 2.24) is 0 Å². The second-order valence-corrected chi connectivity index (χ2v) is 6.24. The smallest absolute Gasteiger partial charge is 0.0354 e. The van der Waals surface area contributed by atoms with Gasteiger partial charge in [0, 0.05) is 0 Å². The lowest BCUT2D eigenvalue weighted by Crippen LogP contribution is -2.27. The third-order valence-electron chi connectivity index (χ3n) is 4.26. The maximum absolute atomic E-state index is 4.03. The first-order valence-electron chi connectivity index (χ1n) is 6.24. The van der Waals surface area contributed by atoms with Crippen LogP contribution < -0.4 is 0 Å². The maximum atomic E-state index is 4.03. The molecule has 0 amide bonds. The van der Waals surface area contributed by atoms with Crippen molar-refractivity contribution in [1.29, 1.82) is 0 Å². The van der Waals surface area contributed by atoms with Gasteiger partial charge in [-0.2, -0.15) is 0 Å². The van der Waals surface area contributed by atoms with Crippen LogP contribution in [0.2, 0.25) is 0 Å². The van der Waals surface area contributed by atoms with Crippen LogP contribution in [0.15, 0.2) is 0 Å². The topological polar surface area (TPSA) is 0 Å². The SMILES string of the molecule is [CH2]CC(C)C1CCC(C(C)(C)C)CC1. The van der Waals surface area contributed by atoms with Gasteiger partial charge in [0.05, 0.1) is 0 Å². The summed E-state index contributed by atoms with van der Waals surface area (Å²) in [5.74, 6) is 2.76. The Bertz CT molecular complexity index is 155. The van der Waals surface area contributed by atoms with Gasteiger partial charge < -0.3 is 0 Å². The molecule has 0 aliphatic heterocycles. The first-order valence-corrected chi connectivity index (χ1v) is 6.24. The van der Waals surface area contributed by atoms with E-state index in [4.69, 9.17) is 0 Å². The Hall–Kier alpha value is 0. The molecule has 1 radical (unpaired) electrons. The predicted molar refractivity (Wildman–Crippen MR) is 64.0 cm³/mol. The molecule has 14 heavy (non-hydrogen) atoms. The summed E-state index contributed by atoms with van der Waals surface area (Å²) in [4.78, 5) is 0. The van der Waals surface area contributed by atoms with Gasteiger partial charge in [0.1, 0.15) is 0 Å². The van der Waals surface area contributed by atoms with E-state index < -0.39 is 0 Å². The number of hydrogen-bond donors (Lipinski definition) is 0. The van der Waals surface area contributed by atoms with Gasteiger partial charge >= 0.3 is 0 Å². The van der Waals surface area contributed by atoms with Gasteiger partial charge in [-0.3, -0.25) is 0 Å². The van der Waals surface area contributed by atoms with E-state index in [0.717, 1.165) is 24.2 Å². The van der Waals surface area contributed by atoms with Crippen molar-refractivity contribution >= 4 is 0 Å². The molecular formula is C14H27. The molecule has 0 bridgehead atoms. The molecule has 1 rings (SSSR count). The van der Waals surface area contributed by atoms with Crippen molar-refractivity contribution in [2.45, 2.75) is 59.8 Å². The third kappa shape index (κ3) is 3.00. The van der Waals surface area contributed by atoms with Crippen LogP contribution >= 0.6 is 0 Å². The molecule has 0 N–H and O–H groups in total. The number of rotatable bonds is 2. The quantitative estimate of drug-likeness (QED) is 0.599. The fourth-order valence-corrected chi connectivity index (χ4v) is 2.79. The largest absolute Gasteiger partial charge is 0.0622 e. The zero-order chi connectivity index (χ0) is 10.8. The van der Waals surface area contributed by atoms with Crippen molar-refractivity contribution in [3.8, 4) is 0 Å². The highest BCUT2D eigenvalue weighted by molar-refractivity contribution is 4.82. The fraction of sp³-hybridized carbons (Fsp3) is 0.929. The number of hydrogen-bond acceptors (Lipinski definition) is 0. The third-order valence-corrected chi connectivity index (χ3v) is 4.26. The predicted octanol–water partition coefficient (Wildman–Crippen LogP) is 4.70. The van der Waals surface area contributed by atoms with Crippen molar-refractivity contribution in [2.24, 2.45) is 23.2 Å². The molecule has 1 unspecified atom stereocenters. The Morgan fingerprint density at radius 2 is 1.64 bits per heavy atom. The van der Waals surface area contributed by atoms with E-state index >= 15 is 0 Å². The normalized spacial score (nSPS) is 31.5. The molecule has 0 spiro atoms. The molecule has 0 aromatic carbocycles. The molecule has 1 aliphatic carbocycles. The van der Waals surface area contributed by atoms with Crippen LogP contribution in [0.3, 0.4) is 0 Å². The minimum atomic E-state index is 0.526. The average molecular weight is 195 g/mol. The molecule has 1 saturated carbocycles. The summed E-state index contributed by atoms with van der Waals surface area (Å²) in [6.45, 7) is 13.6. The van der Waals surface area contributed by atoms with Gasteiger partial charge in [-0.15, -0.1) is 0 Å². The highest BCUT2D eigenvalue weighted by Crippen LogP contribution is 2.42. The van der Waals surface area contributed by atoms with Crippen molar-refractivity contribution in [3.05, 3.63) is 6.92 Å². The van der Waals surface area contributed by atoms with Crippen LogP contribution in [0.4, 0.5) is 0 Å². The van der Waals surface area contributed by atoms with E-state index in [0.29, 0.717) is 5.41 Å². The van der Waals surface area contributed by atoms with Gasteiger partial charge in [-0.25, -0.2) is 0 Å². The van der Waals surface area contributed by atoms with Crippen LogP contribution in [-0.4, -0.2) is 0 Å². The summed E-state index contributed by atoms with van der Waals surface area (Å²) in [7, 11) is 0. The second kappa shape index (κ2) is 4.68. The summed E-state index contributed by atoms with van der Waals surface area (Å²) in [6.07, 6.45) is 6.89. The summed E-state index contributed by atoms with van der Waals surface area (Å²) in [5, 5.41) is 0. The molecule has 0 aromatic heterocycles. The molecule has 0 heteroatoms. The monoisotopic (exact) mass is 195 g/mol. The first kappa shape index (κ1) is 12.1. The maximum Gasteiger partial charge on any atom is -0.0354 e. The Morgan fingerprint density at radius 3 is 2.00 bits per heavy atom. The molecule has 1 aliphatic rings. The summed E-state index contributed by atoms with van der Waals surface area (Å²) >= 11 is 0. The molecule has 83 valence electrons. The van der Waals surface area contributed by atoms with E-state index in [1.165, 1.54) is 25.7 Å². The summed E-state index contributed by atoms with van der Waals surface area (Å²) in [5.41, 5.74) is 0.526. The van der Waals surface area contributed by atoms with Gasteiger partial charge in [-0.1, -0.05) is 41.0 Å². The minimum absolute atomic E-state index is 0.526. The van der Waals surface area contributed by atoms with Gasteiger partial charge in [0.2, 0.25) is 0 Å². The zero-order valence-electron chi connectivity index (χ0n) is 10.5. The first-order chi connectivity index (χ1) is 6.45. The molecule has 1 atom stereocenters. The molecule has 0 nitrogen and oxygen atoms in total. The zero-order valence-corrected chi connectivity index (χ0v) is 10.5. The molecule has 0 heterocycles. The molecule has 1 fully saturated rings. The highest BCUT2D eigenvalue weighted by atomic mass is 14.4. The Balaban J connectivity index is 2.39. The van der Waals surface area contributed by atoms with E-state index in [-0.39, 0.29) is 0 Å².